The number of ketones is 1. The lowest BCUT2D eigenvalue weighted by molar-refractivity contribution is -0.120. The van der Waals surface area contributed by atoms with E-state index in [0.29, 0.717) is 5.92 Å². The highest BCUT2D eigenvalue weighted by Gasteiger charge is 2.25. The molecular weight excluding hydrogens is 126 g/mol. The van der Waals surface area contributed by atoms with Gasteiger partial charge in [0.15, 0.2) is 0 Å². The zero-order valence-corrected chi connectivity index (χ0v) is 6.47. The molecule has 10 heavy (non-hydrogen) atoms. The Morgan fingerprint density at radius 2 is 2.30 bits per heavy atom. The first-order chi connectivity index (χ1) is 4.74. The summed E-state index contributed by atoms with van der Waals surface area (Å²) in [6, 6.07) is -0.194. The van der Waals surface area contributed by atoms with Gasteiger partial charge in [0.1, 0.15) is 5.78 Å². The Balaban J connectivity index is 2.18. The molecule has 1 rings (SSSR count). The lowest BCUT2D eigenvalue weighted by Crippen LogP contribution is -2.29. The van der Waals surface area contributed by atoms with Crippen LogP contribution in [0.2, 0.25) is 0 Å². The smallest absolute Gasteiger partial charge is 0.149 e. The van der Waals surface area contributed by atoms with Gasteiger partial charge in [-0.2, -0.15) is 0 Å². The highest BCUT2D eigenvalue weighted by Crippen LogP contribution is 2.32. The summed E-state index contributed by atoms with van der Waals surface area (Å²) in [6.45, 7) is 1.95. The van der Waals surface area contributed by atoms with Crippen molar-refractivity contribution in [3.05, 3.63) is 0 Å². The third-order valence-corrected chi connectivity index (χ3v) is 2.04. The lowest BCUT2D eigenvalue weighted by Gasteiger charge is -2.05. The van der Waals surface area contributed by atoms with E-state index in [2.05, 4.69) is 0 Å². The van der Waals surface area contributed by atoms with Crippen molar-refractivity contribution in [2.45, 2.75) is 38.6 Å². The van der Waals surface area contributed by atoms with Crippen LogP contribution < -0.4 is 5.73 Å². The predicted octanol–water partition coefficient (Wildman–Crippen LogP) is 1.09. The second-order valence-corrected chi connectivity index (χ2v) is 3.13. The van der Waals surface area contributed by atoms with E-state index in [1.54, 1.807) is 0 Å². The zero-order valence-electron chi connectivity index (χ0n) is 6.47. The number of nitrogens with two attached hydrogens (primary N) is 1. The Morgan fingerprint density at radius 3 is 2.70 bits per heavy atom. The first kappa shape index (κ1) is 7.73. The number of carbonyl (C=O) groups is 1. The van der Waals surface area contributed by atoms with Crippen LogP contribution in [0, 0.1) is 5.92 Å². The third-order valence-electron chi connectivity index (χ3n) is 2.04. The molecule has 0 aromatic rings. The Bertz CT molecular complexity index is 129. The van der Waals surface area contributed by atoms with Crippen molar-refractivity contribution in [1.29, 1.82) is 0 Å². The van der Waals surface area contributed by atoms with Gasteiger partial charge in [-0.1, -0.05) is 6.92 Å². The second kappa shape index (κ2) is 3.15. The molecule has 2 nitrogen and oxygen atoms in total. The van der Waals surface area contributed by atoms with Crippen molar-refractivity contribution < 1.29 is 4.79 Å². The molecule has 0 amide bonds. The molecular formula is C8H15NO. The highest BCUT2D eigenvalue weighted by atomic mass is 16.1. The van der Waals surface area contributed by atoms with Crippen molar-refractivity contribution in [3.8, 4) is 0 Å². The van der Waals surface area contributed by atoms with Crippen LogP contribution in [-0.4, -0.2) is 11.8 Å². The van der Waals surface area contributed by atoms with Gasteiger partial charge in [-0.25, -0.2) is 0 Å². The summed E-state index contributed by atoms with van der Waals surface area (Å²) >= 11 is 0. The van der Waals surface area contributed by atoms with E-state index in [4.69, 9.17) is 5.73 Å². The summed E-state index contributed by atoms with van der Waals surface area (Å²) in [4.78, 5) is 11.1. The average molecular weight is 141 g/mol. The molecule has 2 heteroatoms. The maximum absolute atomic E-state index is 11.1. The van der Waals surface area contributed by atoms with Gasteiger partial charge < -0.3 is 5.73 Å². The minimum Gasteiger partial charge on any atom is -0.322 e. The van der Waals surface area contributed by atoms with Gasteiger partial charge >= 0.3 is 0 Å². The molecule has 1 aliphatic rings. The predicted molar refractivity (Wildman–Crippen MR) is 40.6 cm³/mol. The molecule has 0 aromatic heterocycles. The Morgan fingerprint density at radius 1 is 1.70 bits per heavy atom. The maximum atomic E-state index is 11.1. The quantitative estimate of drug-likeness (QED) is 0.637. The summed E-state index contributed by atoms with van der Waals surface area (Å²) in [5, 5.41) is 0. The molecule has 1 aliphatic carbocycles. The van der Waals surface area contributed by atoms with Gasteiger partial charge in [-0.05, 0) is 25.2 Å². The van der Waals surface area contributed by atoms with Gasteiger partial charge in [-0.15, -0.1) is 0 Å². The fraction of sp³-hybridized carbons (Fsp3) is 0.875. The van der Waals surface area contributed by atoms with E-state index in [9.17, 15) is 4.79 Å². The fourth-order valence-electron chi connectivity index (χ4n) is 0.986. The fourth-order valence-corrected chi connectivity index (χ4v) is 0.986. The first-order valence-electron chi connectivity index (χ1n) is 4.02. The van der Waals surface area contributed by atoms with Crippen LogP contribution in [-0.2, 0) is 4.79 Å². The van der Waals surface area contributed by atoms with Gasteiger partial charge in [0.05, 0.1) is 6.04 Å². The molecule has 0 aliphatic heterocycles. The van der Waals surface area contributed by atoms with Crippen LogP contribution in [0.15, 0.2) is 0 Å². The Kier molecular flexibility index (Phi) is 2.44. The van der Waals surface area contributed by atoms with Gasteiger partial charge in [-0.3, -0.25) is 4.79 Å². The first-order valence-corrected chi connectivity index (χ1v) is 4.02. The van der Waals surface area contributed by atoms with Crippen molar-refractivity contribution in [2.24, 2.45) is 11.7 Å². The van der Waals surface area contributed by atoms with Crippen LogP contribution in [0.25, 0.3) is 0 Å². The average Bonchev–Trinajstić information content (AvgIpc) is 2.70. The number of hydrogen-bond donors (Lipinski definition) is 1. The third kappa shape index (κ3) is 2.10. The molecule has 1 saturated carbocycles. The Labute approximate surface area is 61.8 Å². The Hall–Kier alpha value is -0.370. The largest absolute Gasteiger partial charge is 0.322 e. The van der Waals surface area contributed by atoms with E-state index >= 15 is 0 Å². The van der Waals surface area contributed by atoms with Gasteiger partial charge in [0, 0.05) is 6.42 Å². The summed E-state index contributed by atoms with van der Waals surface area (Å²) in [5.41, 5.74) is 5.54. The minimum absolute atomic E-state index is 0.194. The molecule has 0 spiro atoms. The number of carbonyl (C=O) groups excluding carboxylic acids is 1. The van der Waals surface area contributed by atoms with Gasteiger partial charge in [0.2, 0.25) is 0 Å². The monoisotopic (exact) mass is 141 g/mol. The van der Waals surface area contributed by atoms with Crippen LogP contribution in [0.1, 0.15) is 32.6 Å². The summed E-state index contributed by atoms with van der Waals surface area (Å²) in [7, 11) is 0. The summed E-state index contributed by atoms with van der Waals surface area (Å²) in [6.07, 6.45) is 3.99. The van der Waals surface area contributed by atoms with Gasteiger partial charge in [0.25, 0.3) is 0 Å². The van der Waals surface area contributed by atoms with E-state index in [0.717, 1.165) is 12.8 Å². The molecule has 0 bridgehead atoms. The summed E-state index contributed by atoms with van der Waals surface area (Å²) in [5.74, 6) is 0.940. The highest BCUT2D eigenvalue weighted by molar-refractivity contribution is 5.84. The van der Waals surface area contributed by atoms with Crippen LogP contribution in [0.4, 0.5) is 0 Å². The molecule has 2 N–H and O–H groups in total. The van der Waals surface area contributed by atoms with E-state index in [1.165, 1.54) is 12.8 Å². The van der Waals surface area contributed by atoms with Crippen molar-refractivity contribution in [3.63, 3.8) is 0 Å². The summed E-state index contributed by atoms with van der Waals surface area (Å²) < 4.78 is 0. The normalized spacial score (nSPS) is 20.6. The molecule has 1 fully saturated rings. The van der Waals surface area contributed by atoms with Crippen molar-refractivity contribution in [2.75, 3.05) is 0 Å². The molecule has 0 radical (unpaired) electrons. The maximum Gasteiger partial charge on any atom is 0.149 e. The van der Waals surface area contributed by atoms with Crippen LogP contribution in [0.5, 0.6) is 0 Å². The molecule has 0 saturated heterocycles. The van der Waals surface area contributed by atoms with E-state index in [-0.39, 0.29) is 11.8 Å². The second-order valence-electron chi connectivity index (χ2n) is 3.13. The molecule has 58 valence electrons. The number of hydrogen-bond acceptors (Lipinski definition) is 2. The number of Topliss-reactive ketones (excluding diaryl/α,β-unsaturated/α-hetero) is 1. The zero-order chi connectivity index (χ0) is 7.56. The van der Waals surface area contributed by atoms with Crippen molar-refractivity contribution in [1.82, 2.24) is 0 Å². The van der Waals surface area contributed by atoms with E-state index in [1.807, 2.05) is 6.92 Å². The number of rotatable bonds is 4. The molecule has 1 atom stereocenters. The van der Waals surface area contributed by atoms with Crippen molar-refractivity contribution >= 4 is 5.78 Å². The topological polar surface area (TPSA) is 43.1 Å². The SMILES string of the molecule is CC[C@@H](N)C(=O)CC1CC1. The molecule has 0 heterocycles. The molecule has 0 aromatic carbocycles. The van der Waals surface area contributed by atoms with Crippen LogP contribution in [0.3, 0.4) is 0 Å². The van der Waals surface area contributed by atoms with E-state index < -0.39 is 0 Å². The standard InChI is InChI=1S/C8H15NO/c1-2-7(9)8(10)5-6-3-4-6/h6-7H,2-5,9H2,1H3/t7-/m1/s1. The molecule has 0 unspecified atom stereocenters. The lowest BCUT2D eigenvalue weighted by atomic mass is 10.1. The minimum atomic E-state index is -0.194. The van der Waals surface area contributed by atoms with Crippen LogP contribution >= 0.6 is 0 Å².